The molecule has 0 bridgehead atoms. The SMILES string of the molecule is CCNC(=NCC(=O)NCc1ccco1)NCCOC1CCCCCC1.I. The average molecular weight is 492 g/mol. The van der Waals surface area contributed by atoms with Gasteiger partial charge in [0, 0.05) is 13.1 Å². The van der Waals surface area contributed by atoms with E-state index in [9.17, 15) is 4.79 Å². The van der Waals surface area contributed by atoms with Gasteiger partial charge in [-0.05, 0) is 31.9 Å². The summed E-state index contributed by atoms with van der Waals surface area (Å²) in [6.07, 6.45) is 9.53. The van der Waals surface area contributed by atoms with Gasteiger partial charge in [0.1, 0.15) is 12.3 Å². The lowest BCUT2D eigenvalue weighted by atomic mass is 10.1. The van der Waals surface area contributed by atoms with Gasteiger partial charge in [0.2, 0.25) is 5.91 Å². The van der Waals surface area contributed by atoms with Gasteiger partial charge in [-0.15, -0.1) is 24.0 Å². The molecule has 1 fully saturated rings. The number of amides is 1. The molecule has 0 spiro atoms. The van der Waals surface area contributed by atoms with Gasteiger partial charge in [0.25, 0.3) is 0 Å². The Labute approximate surface area is 179 Å². The molecule has 8 heteroatoms. The van der Waals surface area contributed by atoms with Crippen LogP contribution in [0.15, 0.2) is 27.8 Å². The molecule has 1 heterocycles. The number of hydrogen-bond acceptors (Lipinski definition) is 4. The summed E-state index contributed by atoms with van der Waals surface area (Å²) in [4.78, 5) is 16.2. The van der Waals surface area contributed by atoms with Crippen LogP contribution in [0.5, 0.6) is 0 Å². The van der Waals surface area contributed by atoms with E-state index in [0.717, 1.165) is 12.3 Å². The summed E-state index contributed by atoms with van der Waals surface area (Å²) in [5, 5.41) is 9.14. The molecule has 0 atom stereocenters. The smallest absolute Gasteiger partial charge is 0.242 e. The Morgan fingerprint density at radius 2 is 2.00 bits per heavy atom. The Balaban J connectivity index is 0.00000364. The van der Waals surface area contributed by atoms with Gasteiger partial charge in [-0.25, -0.2) is 4.99 Å². The number of furan rings is 1. The minimum Gasteiger partial charge on any atom is -0.467 e. The molecule has 1 saturated carbocycles. The van der Waals surface area contributed by atoms with Crippen molar-refractivity contribution in [2.24, 2.45) is 4.99 Å². The van der Waals surface area contributed by atoms with Crippen molar-refractivity contribution in [1.29, 1.82) is 0 Å². The quantitative estimate of drug-likeness (QED) is 0.162. The maximum absolute atomic E-state index is 11.9. The molecule has 2 rings (SSSR count). The third-order valence-corrected chi connectivity index (χ3v) is 4.32. The second-order valence-electron chi connectivity index (χ2n) is 6.46. The predicted octanol–water partition coefficient (Wildman–Crippen LogP) is 2.81. The number of ether oxygens (including phenoxy) is 1. The molecule has 0 radical (unpaired) electrons. The molecule has 1 aliphatic rings. The number of halogens is 1. The van der Waals surface area contributed by atoms with Crippen molar-refractivity contribution in [3.8, 4) is 0 Å². The summed E-state index contributed by atoms with van der Waals surface area (Å²) in [7, 11) is 0. The van der Waals surface area contributed by atoms with E-state index in [-0.39, 0.29) is 36.4 Å². The highest BCUT2D eigenvalue weighted by molar-refractivity contribution is 14.0. The summed E-state index contributed by atoms with van der Waals surface area (Å²) in [5.41, 5.74) is 0. The molecule has 7 nitrogen and oxygen atoms in total. The first-order valence-electron chi connectivity index (χ1n) is 9.70. The molecule has 0 aromatic carbocycles. The van der Waals surface area contributed by atoms with Crippen LogP contribution < -0.4 is 16.0 Å². The summed E-state index contributed by atoms with van der Waals surface area (Å²) >= 11 is 0. The van der Waals surface area contributed by atoms with Gasteiger partial charge in [-0.3, -0.25) is 4.79 Å². The van der Waals surface area contributed by atoms with Gasteiger partial charge in [0.05, 0.1) is 25.5 Å². The summed E-state index contributed by atoms with van der Waals surface area (Å²) < 4.78 is 11.1. The molecular formula is C19H33IN4O3. The van der Waals surface area contributed by atoms with Crippen molar-refractivity contribution in [1.82, 2.24) is 16.0 Å². The van der Waals surface area contributed by atoms with Crippen LogP contribution in [0.4, 0.5) is 0 Å². The largest absolute Gasteiger partial charge is 0.467 e. The molecule has 1 aliphatic carbocycles. The minimum absolute atomic E-state index is 0. The van der Waals surface area contributed by atoms with Crippen molar-refractivity contribution in [3.05, 3.63) is 24.2 Å². The van der Waals surface area contributed by atoms with E-state index in [1.807, 2.05) is 13.0 Å². The fourth-order valence-electron chi connectivity index (χ4n) is 2.95. The molecule has 0 unspecified atom stereocenters. The highest BCUT2D eigenvalue weighted by Gasteiger charge is 2.12. The first-order chi connectivity index (χ1) is 12.8. The lowest BCUT2D eigenvalue weighted by Crippen LogP contribution is -2.40. The third-order valence-electron chi connectivity index (χ3n) is 4.32. The van der Waals surface area contributed by atoms with E-state index in [1.165, 1.54) is 38.5 Å². The Morgan fingerprint density at radius 3 is 2.67 bits per heavy atom. The lowest BCUT2D eigenvalue weighted by Gasteiger charge is -2.16. The first-order valence-corrected chi connectivity index (χ1v) is 9.70. The zero-order chi connectivity index (χ0) is 18.5. The first kappa shape index (κ1) is 23.7. The summed E-state index contributed by atoms with van der Waals surface area (Å²) in [5.74, 6) is 1.21. The topological polar surface area (TPSA) is 87.9 Å². The summed E-state index contributed by atoms with van der Waals surface area (Å²) in [6, 6.07) is 3.62. The van der Waals surface area contributed by atoms with E-state index in [4.69, 9.17) is 9.15 Å². The molecule has 0 aliphatic heterocycles. The van der Waals surface area contributed by atoms with Crippen molar-refractivity contribution in [2.75, 3.05) is 26.2 Å². The van der Waals surface area contributed by atoms with Gasteiger partial charge in [0.15, 0.2) is 5.96 Å². The Bertz CT molecular complexity index is 529. The van der Waals surface area contributed by atoms with Crippen LogP contribution in [-0.2, 0) is 16.1 Å². The normalized spacial score (nSPS) is 15.5. The van der Waals surface area contributed by atoms with Gasteiger partial charge in [-0.2, -0.15) is 0 Å². The Hall–Kier alpha value is -1.29. The number of aliphatic imine (C=N–C) groups is 1. The third kappa shape index (κ3) is 10.6. The maximum atomic E-state index is 11.9. The average Bonchev–Trinajstić information content (AvgIpc) is 3.04. The molecular weight excluding hydrogens is 459 g/mol. The molecule has 1 amide bonds. The van der Waals surface area contributed by atoms with Crippen LogP contribution >= 0.6 is 24.0 Å². The zero-order valence-corrected chi connectivity index (χ0v) is 18.5. The second kappa shape index (κ2) is 14.7. The van der Waals surface area contributed by atoms with Crippen LogP contribution in [-0.4, -0.2) is 44.2 Å². The number of guanidine groups is 1. The number of carbonyl (C=O) groups is 1. The van der Waals surface area contributed by atoms with E-state index in [2.05, 4.69) is 20.9 Å². The van der Waals surface area contributed by atoms with Crippen LogP contribution in [0.3, 0.4) is 0 Å². The fraction of sp³-hybridized carbons (Fsp3) is 0.684. The second-order valence-corrected chi connectivity index (χ2v) is 6.46. The standard InChI is InChI=1S/C19H32N4O3.HI/c1-2-20-19(21-11-13-26-16-8-5-3-4-6-9-16)23-15-18(24)22-14-17-10-7-12-25-17;/h7,10,12,16H,2-6,8-9,11,13-15H2,1H3,(H,22,24)(H2,20,21,23);1H. The van der Waals surface area contributed by atoms with Gasteiger partial charge >= 0.3 is 0 Å². The number of nitrogens with zero attached hydrogens (tertiary/aromatic N) is 1. The highest BCUT2D eigenvalue weighted by atomic mass is 127. The molecule has 0 saturated heterocycles. The fourth-order valence-corrected chi connectivity index (χ4v) is 2.95. The minimum atomic E-state index is -0.145. The van der Waals surface area contributed by atoms with Crippen LogP contribution in [0, 0.1) is 0 Å². The lowest BCUT2D eigenvalue weighted by molar-refractivity contribution is -0.119. The van der Waals surface area contributed by atoms with E-state index < -0.39 is 0 Å². The molecule has 1 aromatic heterocycles. The maximum Gasteiger partial charge on any atom is 0.242 e. The monoisotopic (exact) mass is 492 g/mol. The predicted molar refractivity (Wildman–Crippen MR) is 117 cm³/mol. The molecule has 1 aromatic rings. The Kier molecular flexibility index (Phi) is 13.0. The Morgan fingerprint density at radius 1 is 1.22 bits per heavy atom. The molecule has 154 valence electrons. The molecule has 3 N–H and O–H groups in total. The molecule has 27 heavy (non-hydrogen) atoms. The van der Waals surface area contributed by atoms with Crippen LogP contribution in [0.2, 0.25) is 0 Å². The number of carbonyl (C=O) groups excluding carboxylic acids is 1. The van der Waals surface area contributed by atoms with E-state index >= 15 is 0 Å². The van der Waals surface area contributed by atoms with Crippen molar-refractivity contribution in [2.45, 2.75) is 58.1 Å². The number of rotatable bonds is 9. The van der Waals surface area contributed by atoms with Crippen molar-refractivity contribution < 1.29 is 13.9 Å². The van der Waals surface area contributed by atoms with E-state index in [1.54, 1.807) is 12.3 Å². The van der Waals surface area contributed by atoms with Crippen LogP contribution in [0.1, 0.15) is 51.2 Å². The number of nitrogens with one attached hydrogen (secondary N) is 3. The number of hydrogen-bond donors (Lipinski definition) is 3. The van der Waals surface area contributed by atoms with E-state index in [0.29, 0.717) is 31.8 Å². The van der Waals surface area contributed by atoms with Crippen molar-refractivity contribution >= 4 is 35.8 Å². The highest BCUT2D eigenvalue weighted by Crippen LogP contribution is 2.19. The summed E-state index contributed by atoms with van der Waals surface area (Å²) in [6.45, 7) is 4.51. The van der Waals surface area contributed by atoms with Gasteiger partial charge in [-0.1, -0.05) is 25.7 Å². The van der Waals surface area contributed by atoms with Crippen LogP contribution in [0.25, 0.3) is 0 Å². The van der Waals surface area contributed by atoms with Gasteiger partial charge < -0.3 is 25.1 Å². The van der Waals surface area contributed by atoms with Crippen molar-refractivity contribution in [3.63, 3.8) is 0 Å². The zero-order valence-electron chi connectivity index (χ0n) is 16.2.